The fourth-order valence-corrected chi connectivity index (χ4v) is 5.18. The molecule has 4 fully saturated rings. The first kappa shape index (κ1) is 20.8. The lowest BCUT2D eigenvalue weighted by Crippen LogP contribution is -2.51. The molecule has 3 N–H and O–H groups in total. The third-order valence-electron chi connectivity index (χ3n) is 6.85. The minimum absolute atomic E-state index is 0.113. The standard InChI is InChI=1S/C23H34N4O4/c28-23(25-16-5-2-1-3-6-16)26-19-14-29-22-20(15-30-21(19)22)31-18-8-4-7-17(13-18)27-11-9-24-10-12-27/h4,7-8,13,16,19-22,24H,1-3,5-6,9-12,14-15H2,(H2,25,26,28)/t19-,20-,21+,22+/m0/s1. The van der Waals surface area contributed by atoms with E-state index in [0.29, 0.717) is 13.2 Å². The zero-order valence-corrected chi connectivity index (χ0v) is 18.1. The Morgan fingerprint density at radius 2 is 1.84 bits per heavy atom. The van der Waals surface area contributed by atoms with Crippen molar-refractivity contribution in [3.8, 4) is 5.75 Å². The molecule has 3 heterocycles. The number of rotatable bonds is 5. The maximum Gasteiger partial charge on any atom is 0.315 e. The highest BCUT2D eigenvalue weighted by Crippen LogP contribution is 2.31. The highest BCUT2D eigenvalue weighted by molar-refractivity contribution is 5.74. The van der Waals surface area contributed by atoms with Crippen LogP contribution >= 0.6 is 0 Å². The van der Waals surface area contributed by atoms with Crippen molar-refractivity contribution < 1.29 is 19.0 Å². The van der Waals surface area contributed by atoms with Gasteiger partial charge in [-0.15, -0.1) is 0 Å². The van der Waals surface area contributed by atoms with Gasteiger partial charge in [0.15, 0.2) is 6.10 Å². The molecule has 0 spiro atoms. The van der Waals surface area contributed by atoms with Crippen molar-refractivity contribution >= 4 is 11.7 Å². The van der Waals surface area contributed by atoms with Crippen molar-refractivity contribution in [2.24, 2.45) is 0 Å². The van der Waals surface area contributed by atoms with E-state index in [2.05, 4.69) is 33.0 Å². The monoisotopic (exact) mass is 430 g/mol. The molecule has 8 nitrogen and oxygen atoms in total. The van der Waals surface area contributed by atoms with Gasteiger partial charge in [0.25, 0.3) is 0 Å². The molecule has 2 amide bonds. The van der Waals surface area contributed by atoms with Crippen LogP contribution in [-0.4, -0.2) is 75.8 Å². The number of carbonyl (C=O) groups excluding carboxylic acids is 1. The Kier molecular flexibility index (Phi) is 6.47. The van der Waals surface area contributed by atoms with Crippen LogP contribution < -0.4 is 25.6 Å². The molecule has 5 rings (SSSR count). The summed E-state index contributed by atoms with van der Waals surface area (Å²) < 4.78 is 18.3. The first-order valence-electron chi connectivity index (χ1n) is 11.8. The average Bonchev–Trinajstić information content (AvgIpc) is 3.39. The molecule has 3 aliphatic heterocycles. The van der Waals surface area contributed by atoms with E-state index < -0.39 is 0 Å². The van der Waals surface area contributed by atoms with Crippen LogP contribution in [0.4, 0.5) is 10.5 Å². The molecule has 0 unspecified atom stereocenters. The SMILES string of the molecule is O=C(NC1CCCCC1)N[C@H]1CO[C@H]2[C@@H]1OC[C@@H]2Oc1cccc(N2CCNCC2)c1. The fraction of sp³-hybridized carbons (Fsp3) is 0.696. The number of hydrogen-bond donors (Lipinski definition) is 3. The van der Waals surface area contributed by atoms with Gasteiger partial charge in [0.2, 0.25) is 0 Å². The Bertz CT molecular complexity index is 751. The summed E-state index contributed by atoms with van der Waals surface area (Å²) in [4.78, 5) is 14.8. The minimum atomic E-state index is -0.170. The van der Waals surface area contributed by atoms with E-state index in [-0.39, 0.29) is 36.4 Å². The summed E-state index contributed by atoms with van der Waals surface area (Å²) in [5, 5.41) is 9.56. The van der Waals surface area contributed by atoms with Gasteiger partial charge in [0.05, 0.1) is 19.3 Å². The molecule has 8 heteroatoms. The summed E-state index contributed by atoms with van der Waals surface area (Å²) in [6.45, 7) is 4.92. The predicted molar refractivity (Wildman–Crippen MR) is 118 cm³/mol. The maximum atomic E-state index is 12.4. The summed E-state index contributed by atoms with van der Waals surface area (Å²) in [6, 6.07) is 8.28. The first-order chi connectivity index (χ1) is 15.3. The third-order valence-corrected chi connectivity index (χ3v) is 6.85. The van der Waals surface area contributed by atoms with Crippen molar-refractivity contribution in [2.75, 3.05) is 44.3 Å². The second-order valence-corrected chi connectivity index (χ2v) is 9.05. The van der Waals surface area contributed by atoms with Gasteiger partial charge in [0, 0.05) is 44.0 Å². The number of ether oxygens (including phenoxy) is 3. The van der Waals surface area contributed by atoms with E-state index in [1.807, 2.05) is 12.1 Å². The van der Waals surface area contributed by atoms with Gasteiger partial charge in [-0.2, -0.15) is 0 Å². The summed E-state index contributed by atoms with van der Waals surface area (Å²) in [6.07, 6.45) is 5.30. The molecule has 170 valence electrons. The van der Waals surface area contributed by atoms with Crippen LogP contribution in [0, 0.1) is 0 Å². The topological polar surface area (TPSA) is 84.1 Å². The molecule has 0 radical (unpaired) electrons. The van der Waals surface area contributed by atoms with Crippen LogP contribution in [0.2, 0.25) is 0 Å². The Hall–Kier alpha value is -2.03. The Morgan fingerprint density at radius 1 is 1.03 bits per heavy atom. The molecule has 1 aliphatic carbocycles. The lowest BCUT2D eigenvalue weighted by molar-refractivity contribution is 0.0304. The Labute approximate surface area is 184 Å². The minimum Gasteiger partial charge on any atom is -0.485 e. The molecule has 31 heavy (non-hydrogen) atoms. The maximum absolute atomic E-state index is 12.4. The zero-order chi connectivity index (χ0) is 21.0. The second-order valence-electron chi connectivity index (χ2n) is 9.05. The Balaban J connectivity index is 1.14. The molecular formula is C23H34N4O4. The molecule has 1 aromatic carbocycles. The first-order valence-corrected chi connectivity index (χ1v) is 11.8. The summed E-state index contributed by atoms with van der Waals surface area (Å²) in [7, 11) is 0. The fourth-order valence-electron chi connectivity index (χ4n) is 5.18. The third kappa shape index (κ3) is 4.91. The van der Waals surface area contributed by atoms with Gasteiger partial charge >= 0.3 is 6.03 Å². The number of carbonyl (C=O) groups is 1. The van der Waals surface area contributed by atoms with E-state index >= 15 is 0 Å². The number of hydrogen-bond acceptors (Lipinski definition) is 6. The zero-order valence-electron chi connectivity index (χ0n) is 18.1. The Morgan fingerprint density at radius 3 is 2.68 bits per heavy atom. The van der Waals surface area contributed by atoms with Crippen LogP contribution in [0.25, 0.3) is 0 Å². The average molecular weight is 431 g/mol. The van der Waals surface area contributed by atoms with Gasteiger partial charge in [-0.25, -0.2) is 4.79 Å². The van der Waals surface area contributed by atoms with Gasteiger partial charge < -0.3 is 35.1 Å². The molecule has 4 aliphatic rings. The lowest BCUT2D eigenvalue weighted by Gasteiger charge is -2.30. The van der Waals surface area contributed by atoms with E-state index in [4.69, 9.17) is 14.2 Å². The van der Waals surface area contributed by atoms with Crippen LogP contribution in [0.1, 0.15) is 32.1 Å². The summed E-state index contributed by atoms with van der Waals surface area (Å²) >= 11 is 0. The molecule has 3 saturated heterocycles. The summed E-state index contributed by atoms with van der Waals surface area (Å²) in [5.74, 6) is 0.834. The number of fused-ring (bicyclic) bond motifs is 1. The predicted octanol–water partition coefficient (Wildman–Crippen LogP) is 1.64. The van der Waals surface area contributed by atoms with Crippen molar-refractivity contribution in [1.82, 2.24) is 16.0 Å². The second kappa shape index (κ2) is 9.63. The van der Waals surface area contributed by atoms with Crippen LogP contribution in [-0.2, 0) is 9.47 Å². The van der Waals surface area contributed by atoms with E-state index in [0.717, 1.165) is 44.8 Å². The van der Waals surface area contributed by atoms with E-state index in [1.54, 1.807) is 0 Å². The van der Waals surface area contributed by atoms with Crippen molar-refractivity contribution in [1.29, 1.82) is 0 Å². The largest absolute Gasteiger partial charge is 0.485 e. The van der Waals surface area contributed by atoms with Gasteiger partial charge in [-0.05, 0) is 25.0 Å². The smallest absolute Gasteiger partial charge is 0.315 e. The van der Waals surface area contributed by atoms with E-state index in [9.17, 15) is 4.79 Å². The molecule has 0 bridgehead atoms. The van der Waals surface area contributed by atoms with Gasteiger partial charge in [0.1, 0.15) is 18.0 Å². The molecular weight excluding hydrogens is 396 g/mol. The van der Waals surface area contributed by atoms with Gasteiger partial charge in [-0.1, -0.05) is 25.3 Å². The van der Waals surface area contributed by atoms with Crippen molar-refractivity contribution in [3.63, 3.8) is 0 Å². The molecule has 1 aromatic rings. The normalized spacial score (nSPS) is 31.3. The number of benzene rings is 1. The number of piperazine rings is 1. The molecule has 1 saturated carbocycles. The van der Waals surface area contributed by atoms with Crippen molar-refractivity contribution in [3.05, 3.63) is 24.3 Å². The highest BCUT2D eigenvalue weighted by Gasteiger charge is 2.49. The highest BCUT2D eigenvalue weighted by atomic mass is 16.6. The number of amides is 2. The van der Waals surface area contributed by atoms with Crippen LogP contribution in [0.15, 0.2) is 24.3 Å². The number of nitrogens with zero attached hydrogens (tertiary/aromatic N) is 1. The van der Waals surface area contributed by atoms with Gasteiger partial charge in [-0.3, -0.25) is 0 Å². The van der Waals surface area contributed by atoms with E-state index in [1.165, 1.54) is 24.9 Å². The van der Waals surface area contributed by atoms with Crippen LogP contribution in [0.5, 0.6) is 5.75 Å². The van der Waals surface area contributed by atoms with Crippen molar-refractivity contribution in [2.45, 2.75) is 62.5 Å². The van der Waals surface area contributed by atoms with Crippen LogP contribution in [0.3, 0.4) is 0 Å². The number of urea groups is 1. The lowest BCUT2D eigenvalue weighted by atomic mass is 9.96. The molecule has 0 aromatic heterocycles. The quantitative estimate of drug-likeness (QED) is 0.659. The molecule has 4 atom stereocenters. The number of nitrogens with one attached hydrogen (secondary N) is 3. The summed E-state index contributed by atoms with van der Waals surface area (Å²) in [5.41, 5.74) is 1.18. The number of anilines is 1.